The minimum Gasteiger partial charge on any atom is -0.399 e. The molecule has 6 N–H and O–H groups in total. The Bertz CT molecular complexity index is 2450. The molecule has 0 saturated heterocycles. The van der Waals surface area contributed by atoms with Gasteiger partial charge in [-0.25, -0.2) is 9.97 Å². The van der Waals surface area contributed by atoms with Gasteiger partial charge in [0.25, 0.3) is 0 Å². The normalized spacial score (nSPS) is 12.0. The number of hydrogen-bond donors (Lipinski definition) is 4. The molecular formula is C42H30N8. The third-order valence-electron chi connectivity index (χ3n) is 9.09. The molecule has 2 aliphatic rings. The molecule has 7 aromatic rings. The molecule has 9 rings (SSSR count). The van der Waals surface area contributed by atoms with Crippen LogP contribution in [-0.4, -0.2) is 29.9 Å². The summed E-state index contributed by atoms with van der Waals surface area (Å²) in [6.07, 6.45) is 15.5. The van der Waals surface area contributed by atoms with Crippen LogP contribution in [0.15, 0.2) is 122 Å². The van der Waals surface area contributed by atoms with Crippen molar-refractivity contribution in [2.45, 2.75) is 0 Å². The highest BCUT2D eigenvalue weighted by Gasteiger charge is 2.19. The first-order valence-electron chi connectivity index (χ1n) is 16.3. The molecule has 2 aromatic carbocycles. The van der Waals surface area contributed by atoms with Crippen molar-refractivity contribution in [1.82, 2.24) is 29.9 Å². The van der Waals surface area contributed by atoms with Gasteiger partial charge in [0.15, 0.2) is 0 Å². The van der Waals surface area contributed by atoms with Crippen LogP contribution in [-0.2, 0) is 0 Å². The zero-order chi connectivity index (χ0) is 33.6. The van der Waals surface area contributed by atoms with Gasteiger partial charge in [0.05, 0.1) is 22.8 Å². The SMILES string of the molecule is Nc1ccc(-c2c3nc(c(-c4ccncc4)c4ccc([nH]4)c(-c4ccc(N)cc4)c4nc(c(-c5ccncc5)c5ccc2[nH]5)C=C4)C=C3)cc1. The molecular weight excluding hydrogens is 617 g/mol. The highest BCUT2D eigenvalue weighted by Crippen LogP contribution is 2.38. The van der Waals surface area contributed by atoms with Crippen molar-refractivity contribution in [1.29, 1.82) is 0 Å². The number of nitrogens with one attached hydrogen (secondary N) is 2. The summed E-state index contributed by atoms with van der Waals surface area (Å²) < 4.78 is 0. The van der Waals surface area contributed by atoms with Crippen molar-refractivity contribution in [3.05, 3.63) is 145 Å². The molecule has 0 fully saturated rings. The zero-order valence-corrected chi connectivity index (χ0v) is 26.8. The second-order valence-electron chi connectivity index (χ2n) is 12.2. The highest BCUT2D eigenvalue weighted by molar-refractivity contribution is 5.99. The molecule has 0 unspecified atom stereocenters. The van der Waals surface area contributed by atoms with Crippen molar-refractivity contribution < 1.29 is 0 Å². The van der Waals surface area contributed by atoms with Crippen molar-refractivity contribution in [3.63, 3.8) is 0 Å². The van der Waals surface area contributed by atoms with E-state index in [1.165, 1.54) is 0 Å². The van der Waals surface area contributed by atoms with Crippen molar-refractivity contribution in [2.75, 3.05) is 11.5 Å². The number of H-pyrrole nitrogens is 2. The molecule has 2 aliphatic heterocycles. The van der Waals surface area contributed by atoms with E-state index in [9.17, 15) is 0 Å². The molecule has 8 heteroatoms. The number of pyridine rings is 2. The molecule has 5 aromatic heterocycles. The smallest absolute Gasteiger partial charge is 0.0737 e. The van der Waals surface area contributed by atoms with Crippen molar-refractivity contribution in [3.8, 4) is 44.5 Å². The molecule has 0 spiro atoms. The molecule has 0 aliphatic carbocycles. The van der Waals surface area contributed by atoms with E-state index in [1.54, 1.807) is 24.8 Å². The topological polar surface area (TPSA) is 135 Å². The number of hydrogen-bond acceptors (Lipinski definition) is 6. The summed E-state index contributed by atoms with van der Waals surface area (Å²) in [5.41, 5.74) is 28.5. The Labute approximate surface area is 287 Å². The monoisotopic (exact) mass is 646 g/mol. The predicted molar refractivity (Wildman–Crippen MR) is 205 cm³/mol. The number of nitrogen functional groups attached to an aromatic ring is 2. The fourth-order valence-corrected chi connectivity index (χ4v) is 6.76. The number of aromatic amines is 2. The lowest BCUT2D eigenvalue weighted by molar-refractivity contribution is 1.29. The van der Waals surface area contributed by atoms with E-state index in [1.807, 2.05) is 72.8 Å². The summed E-state index contributed by atoms with van der Waals surface area (Å²) in [5, 5.41) is 0. The molecule has 0 amide bonds. The second kappa shape index (κ2) is 11.9. The van der Waals surface area contributed by atoms with Gasteiger partial charge in [-0.05, 0) is 119 Å². The molecule has 7 heterocycles. The maximum atomic E-state index is 6.13. The molecule has 0 saturated carbocycles. The van der Waals surface area contributed by atoms with E-state index in [2.05, 4.69) is 68.5 Å². The first-order chi connectivity index (χ1) is 24.6. The molecule has 50 heavy (non-hydrogen) atoms. The van der Waals surface area contributed by atoms with Gasteiger partial charge in [-0.15, -0.1) is 0 Å². The highest BCUT2D eigenvalue weighted by atomic mass is 14.8. The largest absolute Gasteiger partial charge is 0.399 e. The lowest BCUT2D eigenvalue weighted by Crippen LogP contribution is -1.90. The van der Waals surface area contributed by atoms with Gasteiger partial charge in [0, 0.05) is 80.5 Å². The summed E-state index contributed by atoms with van der Waals surface area (Å²) in [4.78, 5) is 26.7. The average molecular weight is 647 g/mol. The van der Waals surface area contributed by atoms with E-state index >= 15 is 0 Å². The minimum atomic E-state index is 0.697. The first kappa shape index (κ1) is 29.1. The van der Waals surface area contributed by atoms with Gasteiger partial charge in [-0.1, -0.05) is 24.3 Å². The van der Waals surface area contributed by atoms with Crippen LogP contribution in [0.25, 0.3) is 90.9 Å². The van der Waals surface area contributed by atoms with Crippen LogP contribution >= 0.6 is 0 Å². The first-order valence-corrected chi connectivity index (χ1v) is 16.3. The maximum Gasteiger partial charge on any atom is 0.0737 e. The maximum absolute atomic E-state index is 6.13. The Kier molecular flexibility index (Phi) is 6.91. The number of nitrogens with zero attached hydrogens (tertiary/aromatic N) is 4. The predicted octanol–water partition coefficient (Wildman–Crippen LogP) is 9.28. The molecule has 8 bridgehead atoms. The van der Waals surface area contributed by atoms with E-state index in [0.717, 1.165) is 89.4 Å². The summed E-state index contributed by atoms with van der Waals surface area (Å²) in [5.74, 6) is 0. The number of fused-ring (bicyclic) bond motifs is 8. The van der Waals surface area contributed by atoms with Gasteiger partial charge in [-0.3, -0.25) is 9.97 Å². The van der Waals surface area contributed by atoms with E-state index in [0.29, 0.717) is 11.4 Å². The third kappa shape index (κ3) is 5.12. The van der Waals surface area contributed by atoms with Crippen LogP contribution in [0.1, 0.15) is 22.8 Å². The van der Waals surface area contributed by atoms with Crippen LogP contribution in [0, 0.1) is 0 Å². The third-order valence-corrected chi connectivity index (χ3v) is 9.09. The zero-order valence-electron chi connectivity index (χ0n) is 26.8. The van der Waals surface area contributed by atoms with Gasteiger partial charge in [-0.2, -0.15) is 0 Å². The Morgan fingerprint density at radius 2 is 0.620 bits per heavy atom. The number of anilines is 2. The van der Waals surface area contributed by atoms with Crippen LogP contribution in [0.3, 0.4) is 0 Å². The number of nitrogens with two attached hydrogens (primary N) is 2. The lowest BCUT2D eigenvalue weighted by atomic mass is 10.0. The van der Waals surface area contributed by atoms with E-state index in [-0.39, 0.29) is 0 Å². The van der Waals surface area contributed by atoms with Crippen molar-refractivity contribution in [2.24, 2.45) is 0 Å². The number of rotatable bonds is 4. The molecule has 0 radical (unpaired) electrons. The molecule has 0 atom stereocenters. The van der Waals surface area contributed by atoms with Crippen LogP contribution in [0.4, 0.5) is 11.4 Å². The van der Waals surface area contributed by atoms with E-state index in [4.69, 9.17) is 21.4 Å². The molecule has 238 valence electrons. The minimum absolute atomic E-state index is 0.697. The quantitative estimate of drug-likeness (QED) is 0.141. The second-order valence-corrected chi connectivity index (χ2v) is 12.2. The fraction of sp³-hybridized carbons (Fsp3) is 0. The Hall–Kier alpha value is -7.06. The van der Waals surface area contributed by atoms with Gasteiger partial charge in [0.2, 0.25) is 0 Å². The Morgan fingerprint density at radius 3 is 0.920 bits per heavy atom. The van der Waals surface area contributed by atoms with Crippen LogP contribution < -0.4 is 11.5 Å². The summed E-state index contributed by atoms with van der Waals surface area (Å²) >= 11 is 0. The summed E-state index contributed by atoms with van der Waals surface area (Å²) in [6.45, 7) is 0. The average Bonchev–Trinajstić information content (AvgIpc) is 3.98. The number of aromatic nitrogens is 6. The Balaban J connectivity index is 1.47. The van der Waals surface area contributed by atoms with E-state index < -0.39 is 0 Å². The van der Waals surface area contributed by atoms with Gasteiger partial charge < -0.3 is 21.4 Å². The lowest BCUT2D eigenvalue weighted by Gasteiger charge is -2.07. The standard InChI is InChI=1S/C42H30N8/c43-29-5-1-25(2-6-29)39-31-9-13-35(47-31)41(27-17-21-45-22-18-27)37-15-11-33(49-37)40(26-3-7-30(44)8-4-26)34-12-16-38(50-34)42(28-19-23-46-24-20-28)36-14-10-32(39)48-36/h1-24,47,50H,43-44H2. The fourth-order valence-electron chi connectivity index (χ4n) is 6.76. The number of benzene rings is 2. The summed E-state index contributed by atoms with van der Waals surface area (Å²) in [7, 11) is 0. The van der Waals surface area contributed by atoms with Gasteiger partial charge >= 0.3 is 0 Å². The van der Waals surface area contributed by atoms with Gasteiger partial charge in [0.1, 0.15) is 0 Å². The Morgan fingerprint density at radius 1 is 0.340 bits per heavy atom. The van der Waals surface area contributed by atoms with Crippen molar-refractivity contribution >= 4 is 57.7 Å². The van der Waals surface area contributed by atoms with Crippen LogP contribution in [0.2, 0.25) is 0 Å². The van der Waals surface area contributed by atoms with Crippen LogP contribution in [0.5, 0.6) is 0 Å². The summed E-state index contributed by atoms with van der Waals surface area (Å²) in [6, 6.07) is 32.3. The molecule has 8 nitrogen and oxygen atoms in total.